The van der Waals surface area contributed by atoms with Crippen LogP contribution >= 0.6 is 22.9 Å². The van der Waals surface area contributed by atoms with Crippen LogP contribution in [0.2, 0.25) is 5.02 Å². The van der Waals surface area contributed by atoms with E-state index in [9.17, 15) is 32.2 Å². The number of methoxy groups -OCH3 is 1. The molecule has 10 nitrogen and oxygen atoms in total. The van der Waals surface area contributed by atoms with Gasteiger partial charge in [-0.15, -0.1) is 11.3 Å². The standard InChI is InChI=1S/C28H33ClF2N4O6S2/c1-28(27(37)38)9-5-16(6-10-28)43(39,40)35-12-7-15(8-13-35)22-19(26(36)41-2)23(17-3-4-18(30)21(31)20(17)29)34-24(33-22)25-32-11-14-42-25/h3-4,11,14-16,23,27,37-38H,5-10,12-13H2,1-2H3,(H,33,34). The summed E-state index contributed by atoms with van der Waals surface area (Å²) in [6.45, 7) is 2.15. The fourth-order valence-corrected chi connectivity index (χ4v) is 8.88. The lowest BCUT2D eigenvalue weighted by Gasteiger charge is -2.41. The van der Waals surface area contributed by atoms with Crippen molar-refractivity contribution in [1.29, 1.82) is 0 Å². The number of nitrogens with zero attached hydrogens (tertiary/aromatic N) is 3. The highest BCUT2D eigenvalue weighted by Crippen LogP contribution is 2.43. The summed E-state index contributed by atoms with van der Waals surface area (Å²) < 4.78 is 62.2. The Bertz CT molecular complexity index is 1530. The van der Waals surface area contributed by atoms with Crippen molar-refractivity contribution < 1.29 is 36.9 Å². The summed E-state index contributed by atoms with van der Waals surface area (Å²) >= 11 is 7.53. The molecule has 3 heterocycles. The van der Waals surface area contributed by atoms with Gasteiger partial charge in [0.2, 0.25) is 10.0 Å². The molecular formula is C28H33ClF2N4O6S2. The lowest BCUT2D eigenvalue weighted by atomic mass is 9.75. The fraction of sp³-hybridized carbons (Fsp3) is 0.536. The van der Waals surface area contributed by atoms with E-state index >= 15 is 0 Å². The number of amidine groups is 1. The Labute approximate surface area is 257 Å². The van der Waals surface area contributed by atoms with E-state index in [1.807, 2.05) is 0 Å². The second kappa shape index (κ2) is 12.5. The molecule has 43 heavy (non-hydrogen) atoms. The Hall–Kier alpha value is -2.49. The first-order valence-corrected chi connectivity index (χ1v) is 16.7. The number of benzene rings is 1. The molecule has 1 unspecified atom stereocenters. The maximum absolute atomic E-state index is 14.6. The topological polar surface area (TPSA) is 141 Å². The molecule has 0 bridgehead atoms. The van der Waals surface area contributed by atoms with E-state index in [2.05, 4.69) is 15.3 Å². The molecule has 1 aliphatic carbocycles. The average molecular weight is 659 g/mol. The second-order valence-electron chi connectivity index (χ2n) is 11.4. The first-order chi connectivity index (χ1) is 20.4. The van der Waals surface area contributed by atoms with Gasteiger partial charge in [-0.3, -0.25) is 4.99 Å². The van der Waals surface area contributed by atoms with Gasteiger partial charge >= 0.3 is 5.97 Å². The van der Waals surface area contributed by atoms with Crippen LogP contribution in [0.15, 0.2) is 40.0 Å². The Morgan fingerprint density at radius 2 is 1.88 bits per heavy atom. The maximum atomic E-state index is 14.6. The van der Waals surface area contributed by atoms with Gasteiger partial charge in [-0.2, -0.15) is 0 Å². The average Bonchev–Trinajstić information content (AvgIpc) is 3.55. The number of carbonyl (C=O) groups excluding carboxylic acids is 1. The molecule has 234 valence electrons. The van der Waals surface area contributed by atoms with E-state index in [1.54, 1.807) is 18.5 Å². The summed E-state index contributed by atoms with van der Waals surface area (Å²) in [4.78, 5) is 22.2. The van der Waals surface area contributed by atoms with Gasteiger partial charge in [0.15, 0.2) is 28.8 Å². The minimum Gasteiger partial charge on any atom is -0.466 e. The second-order valence-corrected chi connectivity index (χ2v) is 14.9. The molecule has 0 spiro atoms. The summed E-state index contributed by atoms with van der Waals surface area (Å²) in [6.07, 6.45) is 2.25. The fourth-order valence-electron chi connectivity index (χ4n) is 6.06. The van der Waals surface area contributed by atoms with Crippen LogP contribution in [0, 0.1) is 23.0 Å². The van der Waals surface area contributed by atoms with Crippen LogP contribution in [0.25, 0.3) is 0 Å². The molecule has 0 radical (unpaired) electrons. The summed E-state index contributed by atoms with van der Waals surface area (Å²) in [7, 11) is -2.44. The largest absolute Gasteiger partial charge is 0.466 e. The molecule has 15 heteroatoms. The number of ether oxygens (including phenoxy) is 1. The van der Waals surface area contributed by atoms with Crippen LogP contribution in [0.3, 0.4) is 0 Å². The molecule has 1 aromatic heterocycles. The number of thiazole rings is 1. The number of aliphatic imine (C=N–C) groups is 1. The summed E-state index contributed by atoms with van der Waals surface area (Å²) in [5, 5.41) is 23.8. The number of piperidine rings is 1. The molecule has 1 atom stereocenters. The van der Waals surface area contributed by atoms with Gasteiger partial charge in [0, 0.05) is 47.3 Å². The summed E-state index contributed by atoms with van der Waals surface area (Å²) in [5.41, 5.74) is -0.135. The SMILES string of the molecule is COC(=O)C1=C(C2CCN(S(=O)(=O)C3CCC(C)(C(O)O)CC3)CC2)NC(c2nccs2)=NC1c1ccc(F)c(F)c1Cl. The predicted molar refractivity (Wildman–Crippen MR) is 157 cm³/mol. The van der Waals surface area contributed by atoms with Gasteiger partial charge in [-0.25, -0.2) is 31.3 Å². The van der Waals surface area contributed by atoms with Crippen molar-refractivity contribution >= 4 is 44.8 Å². The third-order valence-electron chi connectivity index (χ3n) is 8.82. The first-order valence-electron chi connectivity index (χ1n) is 13.9. The van der Waals surface area contributed by atoms with Crippen LogP contribution in [0.5, 0.6) is 0 Å². The number of aromatic nitrogens is 1. The van der Waals surface area contributed by atoms with Gasteiger partial charge in [0.25, 0.3) is 0 Å². The van der Waals surface area contributed by atoms with Gasteiger partial charge in [-0.1, -0.05) is 24.6 Å². The van der Waals surface area contributed by atoms with E-state index in [-0.39, 0.29) is 30.1 Å². The van der Waals surface area contributed by atoms with Gasteiger partial charge in [-0.05, 0) is 44.6 Å². The lowest BCUT2D eigenvalue weighted by Crippen LogP contribution is -2.48. The molecular weight excluding hydrogens is 626 g/mol. The Morgan fingerprint density at radius 3 is 2.47 bits per heavy atom. The number of halogens is 3. The van der Waals surface area contributed by atoms with E-state index in [1.165, 1.54) is 28.8 Å². The number of sulfonamides is 1. The van der Waals surface area contributed by atoms with Crippen LogP contribution in [0.4, 0.5) is 8.78 Å². The number of carbonyl (C=O) groups is 1. The van der Waals surface area contributed by atoms with Crippen molar-refractivity contribution in [2.45, 2.75) is 63.0 Å². The highest BCUT2D eigenvalue weighted by molar-refractivity contribution is 7.89. The van der Waals surface area contributed by atoms with Crippen molar-refractivity contribution in [1.82, 2.24) is 14.6 Å². The zero-order valence-corrected chi connectivity index (χ0v) is 26.0. The first kappa shape index (κ1) is 31.9. The van der Waals surface area contributed by atoms with E-state index < -0.39 is 55.6 Å². The van der Waals surface area contributed by atoms with Crippen molar-refractivity contribution in [3.63, 3.8) is 0 Å². The van der Waals surface area contributed by atoms with Crippen molar-refractivity contribution in [3.05, 3.63) is 62.2 Å². The van der Waals surface area contributed by atoms with Crippen molar-refractivity contribution in [2.75, 3.05) is 20.2 Å². The van der Waals surface area contributed by atoms with Crippen LogP contribution in [-0.4, -0.2) is 71.5 Å². The number of hydrogen-bond donors (Lipinski definition) is 3. The van der Waals surface area contributed by atoms with E-state index in [0.29, 0.717) is 55.1 Å². The van der Waals surface area contributed by atoms with Crippen molar-refractivity contribution in [2.24, 2.45) is 16.3 Å². The molecule has 2 aliphatic heterocycles. The van der Waals surface area contributed by atoms with Crippen LogP contribution < -0.4 is 5.32 Å². The lowest BCUT2D eigenvalue weighted by molar-refractivity contribution is -0.140. The number of aliphatic hydroxyl groups excluding tert-OH is 1. The Kier molecular flexibility index (Phi) is 9.27. The Morgan fingerprint density at radius 1 is 1.21 bits per heavy atom. The number of nitrogens with one attached hydrogen (secondary N) is 1. The molecule has 1 aromatic carbocycles. The molecule has 5 rings (SSSR count). The zero-order valence-electron chi connectivity index (χ0n) is 23.6. The molecule has 3 N–H and O–H groups in total. The predicted octanol–water partition coefficient (Wildman–Crippen LogP) is 3.89. The molecule has 0 amide bonds. The quantitative estimate of drug-likeness (QED) is 0.231. The third kappa shape index (κ3) is 6.09. The highest BCUT2D eigenvalue weighted by Gasteiger charge is 2.44. The molecule has 2 fully saturated rings. The molecule has 1 saturated carbocycles. The third-order valence-corrected chi connectivity index (χ3v) is 12.4. The summed E-state index contributed by atoms with van der Waals surface area (Å²) in [6, 6.07) is 1.07. The number of esters is 1. The highest BCUT2D eigenvalue weighted by atomic mass is 35.5. The molecule has 3 aliphatic rings. The van der Waals surface area contributed by atoms with Crippen molar-refractivity contribution in [3.8, 4) is 0 Å². The molecule has 2 aromatic rings. The minimum absolute atomic E-state index is 0.0751. The minimum atomic E-state index is -3.65. The number of allylic oxidation sites excluding steroid dienone is 1. The number of rotatable bonds is 7. The van der Waals surface area contributed by atoms with Crippen LogP contribution in [-0.2, 0) is 19.6 Å². The normalized spacial score (nSPS) is 25.9. The van der Waals surface area contributed by atoms with Gasteiger partial charge < -0.3 is 20.3 Å². The van der Waals surface area contributed by atoms with E-state index in [4.69, 9.17) is 16.3 Å². The number of hydrogen-bond acceptors (Lipinski definition) is 10. The van der Waals surface area contributed by atoms with Gasteiger partial charge in [0.05, 0.1) is 23.0 Å². The molecule has 1 saturated heterocycles. The smallest absolute Gasteiger partial charge is 0.338 e. The number of aliphatic hydroxyl groups is 2. The van der Waals surface area contributed by atoms with E-state index in [0.717, 1.165) is 6.07 Å². The van der Waals surface area contributed by atoms with Crippen LogP contribution in [0.1, 0.15) is 62.1 Å². The van der Waals surface area contributed by atoms with Gasteiger partial charge in [0.1, 0.15) is 6.04 Å². The Balaban J connectivity index is 1.44. The summed E-state index contributed by atoms with van der Waals surface area (Å²) in [5.74, 6) is -3.14. The maximum Gasteiger partial charge on any atom is 0.338 e. The zero-order chi connectivity index (χ0) is 31.1. The monoisotopic (exact) mass is 658 g/mol.